The summed E-state index contributed by atoms with van der Waals surface area (Å²) in [5.41, 5.74) is 0.951. The Bertz CT molecular complexity index is 811. The molecule has 2 aromatic carbocycles. The highest BCUT2D eigenvalue weighted by atomic mass is 35.5. The number of ether oxygens (including phenoxy) is 1. The molecule has 0 saturated carbocycles. The van der Waals surface area contributed by atoms with E-state index in [9.17, 15) is 9.90 Å². The van der Waals surface area contributed by atoms with Crippen LogP contribution in [0.25, 0.3) is 0 Å². The highest BCUT2D eigenvalue weighted by molar-refractivity contribution is 6.32. The normalized spacial score (nSPS) is 10.6. The molecule has 122 valence electrons. The fourth-order valence-electron chi connectivity index (χ4n) is 1.80. The second-order valence-corrected chi connectivity index (χ2v) is 5.07. The lowest BCUT2D eigenvalue weighted by Crippen LogP contribution is -2.14. The van der Waals surface area contributed by atoms with Crippen LogP contribution in [0.1, 0.15) is 0 Å². The third kappa shape index (κ3) is 4.41. The van der Waals surface area contributed by atoms with Gasteiger partial charge in [-0.05, 0) is 42.5 Å². The van der Waals surface area contributed by atoms with Crippen molar-refractivity contribution in [3.8, 4) is 17.6 Å². The summed E-state index contributed by atoms with van der Waals surface area (Å²) in [5.74, 6) is 0.0363. The number of carbonyl (C=O) groups is 1. The average molecular weight is 344 g/mol. The van der Waals surface area contributed by atoms with Gasteiger partial charge in [-0.2, -0.15) is 5.26 Å². The predicted molar refractivity (Wildman–Crippen MR) is 92.1 cm³/mol. The van der Waals surface area contributed by atoms with Gasteiger partial charge in [0.2, 0.25) is 0 Å². The Kier molecular flexibility index (Phi) is 5.66. The monoisotopic (exact) mass is 343 g/mol. The number of carbonyl (C=O) groups excluding carboxylic acids is 1. The second-order valence-electron chi connectivity index (χ2n) is 4.66. The topological polar surface area (TPSA) is 94.4 Å². The molecule has 0 radical (unpaired) electrons. The van der Waals surface area contributed by atoms with Crippen molar-refractivity contribution in [3.05, 3.63) is 59.3 Å². The lowest BCUT2D eigenvalue weighted by atomic mass is 10.2. The van der Waals surface area contributed by atoms with Gasteiger partial charge in [0, 0.05) is 17.6 Å². The Morgan fingerprint density at radius 2 is 1.92 bits per heavy atom. The second kappa shape index (κ2) is 7.90. The van der Waals surface area contributed by atoms with E-state index in [1.807, 2.05) is 6.07 Å². The summed E-state index contributed by atoms with van der Waals surface area (Å²) in [4.78, 5) is 12.1. The molecule has 6 nitrogen and oxygen atoms in total. The minimum atomic E-state index is -0.574. The van der Waals surface area contributed by atoms with Crippen molar-refractivity contribution in [2.24, 2.45) is 0 Å². The van der Waals surface area contributed by atoms with Crippen LogP contribution in [0.3, 0.4) is 0 Å². The first-order valence-electron chi connectivity index (χ1n) is 6.84. The minimum Gasteiger partial charge on any atom is -0.508 e. The Morgan fingerprint density at radius 1 is 1.25 bits per heavy atom. The molecule has 0 spiro atoms. The SMILES string of the molecule is COc1ccc(N/C=C(/C#N)C(=O)Nc2ccc(O)cc2)cc1Cl. The highest BCUT2D eigenvalue weighted by Gasteiger charge is 2.09. The number of phenolic OH excluding ortho intramolecular Hbond substituents is 1. The van der Waals surface area contributed by atoms with E-state index in [0.717, 1.165) is 0 Å². The molecule has 0 aliphatic carbocycles. The van der Waals surface area contributed by atoms with Crippen molar-refractivity contribution in [2.75, 3.05) is 17.7 Å². The van der Waals surface area contributed by atoms with Gasteiger partial charge in [-0.1, -0.05) is 11.6 Å². The number of hydrogen-bond donors (Lipinski definition) is 3. The van der Waals surface area contributed by atoms with Gasteiger partial charge >= 0.3 is 0 Å². The number of methoxy groups -OCH3 is 1. The number of anilines is 2. The predicted octanol–water partition coefficient (Wildman–Crippen LogP) is 3.51. The molecule has 0 aromatic heterocycles. The molecule has 0 saturated heterocycles. The van der Waals surface area contributed by atoms with Crippen LogP contribution in [-0.4, -0.2) is 18.1 Å². The van der Waals surface area contributed by atoms with Crippen LogP contribution in [0.4, 0.5) is 11.4 Å². The van der Waals surface area contributed by atoms with Gasteiger partial charge in [0.15, 0.2) is 0 Å². The summed E-state index contributed by atoms with van der Waals surface area (Å²) < 4.78 is 5.05. The fourth-order valence-corrected chi connectivity index (χ4v) is 2.06. The number of amides is 1. The van der Waals surface area contributed by atoms with Gasteiger partial charge in [-0.15, -0.1) is 0 Å². The summed E-state index contributed by atoms with van der Waals surface area (Å²) in [6.07, 6.45) is 1.29. The van der Waals surface area contributed by atoms with Crippen LogP contribution in [0.5, 0.6) is 11.5 Å². The van der Waals surface area contributed by atoms with Crippen molar-refractivity contribution >= 4 is 28.9 Å². The maximum Gasteiger partial charge on any atom is 0.267 e. The fraction of sp³-hybridized carbons (Fsp3) is 0.0588. The first-order valence-corrected chi connectivity index (χ1v) is 7.22. The van der Waals surface area contributed by atoms with E-state index in [1.54, 1.807) is 18.2 Å². The third-order valence-corrected chi connectivity index (χ3v) is 3.32. The molecular weight excluding hydrogens is 330 g/mol. The average Bonchev–Trinajstić information content (AvgIpc) is 2.57. The Morgan fingerprint density at radius 3 is 2.50 bits per heavy atom. The maximum absolute atomic E-state index is 12.1. The zero-order chi connectivity index (χ0) is 17.5. The number of rotatable bonds is 5. The van der Waals surface area contributed by atoms with Crippen LogP contribution >= 0.6 is 11.6 Å². The number of nitriles is 1. The van der Waals surface area contributed by atoms with E-state index in [1.165, 1.54) is 37.6 Å². The molecule has 0 atom stereocenters. The summed E-state index contributed by atoms with van der Waals surface area (Å²) >= 11 is 6.01. The van der Waals surface area contributed by atoms with Crippen LogP contribution in [0.15, 0.2) is 54.2 Å². The first kappa shape index (κ1) is 17.2. The van der Waals surface area contributed by atoms with Crippen molar-refractivity contribution in [1.82, 2.24) is 0 Å². The van der Waals surface area contributed by atoms with Gasteiger partial charge in [-0.25, -0.2) is 0 Å². The van der Waals surface area contributed by atoms with E-state index in [2.05, 4.69) is 10.6 Å². The smallest absolute Gasteiger partial charge is 0.267 e. The molecule has 2 aromatic rings. The number of nitrogens with zero attached hydrogens (tertiary/aromatic N) is 1. The molecule has 3 N–H and O–H groups in total. The van der Waals surface area contributed by atoms with Crippen LogP contribution in [0.2, 0.25) is 5.02 Å². The number of aromatic hydroxyl groups is 1. The lowest BCUT2D eigenvalue weighted by Gasteiger charge is -2.07. The third-order valence-electron chi connectivity index (χ3n) is 3.03. The maximum atomic E-state index is 12.1. The number of phenols is 1. The van der Waals surface area contributed by atoms with E-state index >= 15 is 0 Å². The molecule has 0 unspecified atom stereocenters. The van der Waals surface area contributed by atoms with Gasteiger partial charge in [0.1, 0.15) is 23.1 Å². The van der Waals surface area contributed by atoms with E-state index in [4.69, 9.17) is 21.6 Å². The Hall–Kier alpha value is -3.17. The zero-order valence-electron chi connectivity index (χ0n) is 12.7. The molecule has 1 amide bonds. The van der Waals surface area contributed by atoms with Gasteiger partial charge < -0.3 is 20.5 Å². The molecule has 0 bridgehead atoms. The summed E-state index contributed by atoms with van der Waals surface area (Å²) in [6.45, 7) is 0. The molecule has 0 heterocycles. The standard InChI is InChI=1S/C17H14ClN3O3/c1-24-16-7-4-13(8-15(16)18)20-10-11(9-19)17(23)21-12-2-5-14(22)6-3-12/h2-8,10,20,22H,1H3,(H,21,23)/b11-10-. The molecule has 2 rings (SSSR count). The van der Waals surface area contributed by atoms with E-state index < -0.39 is 5.91 Å². The van der Waals surface area contributed by atoms with Crippen molar-refractivity contribution in [1.29, 1.82) is 5.26 Å². The Labute approximate surface area is 143 Å². The number of benzene rings is 2. The number of hydrogen-bond acceptors (Lipinski definition) is 5. The zero-order valence-corrected chi connectivity index (χ0v) is 13.5. The van der Waals surface area contributed by atoms with Gasteiger partial charge in [-0.3, -0.25) is 4.79 Å². The minimum absolute atomic E-state index is 0.0853. The quantitative estimate of drug-likeness (QED) is 0.438. The summed E-state index contributed by atoms with van der Waals surface area (Å²) in [6, 6.07) is 12.7. The van der Waals surface area contributed by atoms with Crippen molar-refractivity contribution in [2.45, 2.75) is 0 Å². The van der Waals surface area contributed by atoms with Gasteiger partial charge in [0.25, 0.3) is 5.91 Å². The number of nitrogens with one attached hydrogen (secondary N) is 2. The van der Waals surface area contributed by atoms with Crippen LogP contribution < -0.4 is 15.4 Å². The first-order chi connectivity index (χ1) is 11.5. The summed E-state index contributed by atoms with van der Waals surface area (Å²) in [5, 5.41) is 24.1. The Balaban J connectivity index is 2.08. The summed E-state index contributed by atoms with van der Waals surface area (Å²) in [7, 11) is 1.51. The van der Waals surface area contributed by atoms with Crippen LogP contribution in [0, 0.1) is 11.3 Å². The molecule has 7 heteroatoms. The molecule has 0 aliphatic heterocycles. The molecular formula is C17H14ClN3O3. The van der Waals surface area contributed by atoms with Gasteiger partial charge in [0.05, 0.1) is 12.1 Å². The highest BCUT2D eigenvalue weighted by Crippen LogP contribution is 2.27. The van der Waals surface area contributed by atoms with E-state index in [0.29, 0.717) is 22.1 Å². The molecule has 24 heavy (non-hydrogen) atoms. The molecule has 0 fully saturated rings. The van der Waals surface area contributed by atoms with Crippen LogP contribution in [-0.2, 0) is 4.79 Å². The molecule has 0 aliphatic rings. The lowest BCUT2D eigenvalue weighted by molar-refractivity contribution is -0.112. The van der Waals surface area contributed by atoms with Crippen molar-refractivity contribution in [3.63, 3.8) is 0 Å². The largest absolute Gasteiger partial charge is 0.508 e. The number of halogens is 1. The van der Waals surface area contributed by atoms with Crippen molar-refractivity contribution < 1.29 is 14.6 Å². The van der Waals surface area contributed by atoms with E-state index in [-0.39, 0.29) is 11.3 Å².